The fourth-order valence-corrected chi connectivity index (χ4v) is 6.97. The smallest absolute Gasteiger partial charge is 0.0511 e. The van der Waals surface area contributed by atoms with E-state index >= 15 is 0 Å². The fraction of sp³-hybridized carbons (Fsp3) is 0.200. The van der Waals surface area contributed by atoms with Crippen LogP contribution in [0.2, 0.25) is 0 Å². The topological polar surface area (TPSA) is 25.8 Å². The number of hydrogen-bond donors (Lipinski definition) is 1. The molecule has 0 unspecified atom stereocenters. The van der Waals surface area contributed by atoms with Gasteiger partial charge in [-0.15, -0.1) is 0 Å². The zero-order valence-electron chi connectivity index (χ0n) is 15.2. The molecule has 0 bridgehead atoms. The summed E-state index contributed by atoms with van der Waals surface area (Å²) in [4.78, 5) is 8.45. The highest BCUT2D eigenvalue weighted by atomic mass is 33.5. The average molecular weight is 483 g/mol. The SMILES string of the molecule is SSSCc1ccccn1.c1ccc(CCSSSCc2ccccn2)cc1. The first-order valence-corrected chi connectivity index (χ1v) is 15.8. The Morgan fingerprint density at radius 1 is 0.679 bits per heavy atom. The summed E-state index contributed by atoms with van der Waals surface area (Å²) in [6.45, 7) is 0. The molecule has 3 rings (SSSR count). The van der Waals surface area contributed by atoms with Gasteiger partial charge < -0.3 is 0 Å². The van der Waals surface area contributed by atoms with Gasteiger partial charge in [-0.2, -0.15) is 0 Å². The Hall–Kier alpha value is -0.380. The number of hydrogen-bond acceptors (Lipinski definition) is 8. The molecule has 2 aromatic heterocycles. The Morgan fingerprint density at radius 3 is 1.86 bits per heavy atom. The first kappa shape index (κ1) is 23.9. The summed E-state index contributed by atoms with van der Waals surface area (Å²) in [5, 5.41) is 0. The molecule has 0 amide bonds. The second kappa shape index (κ2) is 16.4. The minimum atomic E-state index is 0.926. The predicted octanol–water partition coefficient (Wildman–Crippen LogP) is 7.66. The van der Waals surface area contributed by atoms with Gasteiger partial charge in [-0.25, -0.2) is 0 Å². The van der Waals surface area contributed by atoms with Crippen molar-refractivity contribution in [3.8, 4) is 0 Å². The van der Waals surface area contributed by atoms with Crippen molar-refractivity contribution >= 4 is 63.7 Å². The van der Waals surface area contributed by atoms with Crippen molar-refractivity contribution in [2.24, 2.45) is 0 Å². The lowest BCUT2D eigenvalue weighted by Gasteiger charge is -2.01. The van der Waals surface area contributed by atoms with Crippen LogP contribution in [0.3, 0.4) is 0 Å². The largest absolute Gasteiger partial charge is 0.260 e. The fourth-order valence-electron chi connectivity index (χ4n) is 2.01. The van der Waals surface area contributed by atoms with Gasteiger partial charge in [0.05, 0.1) is 11.4 Å². The monoisotopic (exact) mass is 482 g/mol. The van der Waals surface area contributed by atoms with Gasteiger partial charge in [-0.05, 0) is 55.9 Å². The summed E-state index contributed by atoms with van der Waals surface area (Å²) < 4.78 is 0. The van der Waals surface area contributed by atoms with Crippen molar-refractivity contribution in [1.29, 1.82) is 0 Å². The van der Waals surface area contributed by atoms with E-state index in [4.69, 9.17) is 0 Å². The minimum absolute atomic E-state index is 0.926. The molecule has 0 atom stereocenters. The van der Waals surface area contributed by atoms with Gasteiger partial charge in [-0.3, -0.25) is 9.97 Å². The lowest BCUT2D eigenvalue weighted by atomic mass is 10.2. The van der Waals surface area contributed by atoms with E-state index in [0.29, 0.717) is 0 Å². The van der Waals surface area contributed by atoms with Crippen molar-refractivity contribution in [2.75, 3.05) is 5.75 Å². The van der Waals surface area contributed by atoms with Gasteiger partial charge in [0.15, 0.2) is 0 Å². The maximum Gasteiger partial charge on any atom is 0.0511 e. The number of benzene rings is 1. The molecule has 0 aliphatic rings. The molecule has 0 fully saturated rings. The molecular formula is C20H22N2S6. The molecule has 3 aromatic rings. The van der Waals surface area contributed by atoms with E-state index in [-0.39, 0.29) is 0 Å². The first-order valence-electron chi connectivity index (χ1n) is 8.56. The molecule has 0 aliphatic heterocycles. The van der Waals surface area contributed by atoms with E-state index in [1.807, 2.05) is 67.9 Å². The molecule has 8 heteroatoms. The van der Waals surface area contributed by atoms with Gasteiger partial charge in [-0.1, -0.05) is 86.5 Å². The first-order chi connectivity index (χ1) is 13.9. The Kier molecular flexibility index (Phi) is 14.0. The highest BCUT2D eigenvalue weighted by molar-refractivity contribution is 9.09. The van der Waals surface area contributed by atoms with Gasteiger partial charge in [0.1, 0.15) is 0 Å². The summed E-state index contributed by atoms with van der Waals surface area (Å²) in [5.41, 5.74) is 3.67. The third-order valence-electron chi connectivity index (χ3n) is 3.33. The Morgan fingerprint density at radius 2 is 1.29 bits per heavy atom. The maximum absolute atomic E-state index is 4.30. The minimum Gasteiger partial charge on any atom is -0.260 e. The van der Waals surface area contributed by atoms with E-state index < -0.39 is 0 Å². The third-order valence-corrected chi connectivity index (χ3v) is 9.61. The van der Waals surface area contributed by atoms with Crippen molar-refractivity contribution in [2.45, 2.75) is 17.9 Å². The number of aromatic nitrogens is 2. The summed E-state index contributed by atoms with van der Waals surface area (Å²) in [6.07, 6.45) is 4.80. The number of nitrogens with zero attached hydrogens (tertiary/aromatic N) is 2. The molecule has 0 spiro atoms. The van der Waals surface area contributed by atoms with Crippen LogP contribution >= 0.6 is 63.7 Å². The third kappa shape index (κ3) is 11.6. The number of rotatable bonds is 10. The van der Waals surface area contributed by atoms with Crippen molar-refractivity contribution in [3.05, 3.63) is 96.1 Å². The molecule has 148 valence electrons. The van der Waals surface area contributed by atoms with E-state index in [9.17, 15) is 0 Å². The molecule has 0 radical (unpaired) electrons. The van der Waals surface area contributed by atoms with Crippen LogP contribution in [0.15, 0.2) is 79.1 Å². The molecule has 0 saturated carbocycles. The van der Waals surface area contributed by atoms with Crippen molar-refractivity contribution in [3.63, 3.8) is 0 Å². The molecule has 0 aliphatic carbocycles. The quantitative estimate of drug-likeness (QED) is 0.180. The number of pyridine rings is 2. The second-order valence-corrected chi connectivity index (χ2v) is 12.9. The van der Waals surface area contributed by atoms with Crippen LogP contribution in [-0.2, 0) is 17.9 Å². The van der Waals surface area contributed by atoms with E-state index in [2.05, 4.69) is 58.0 Å². The molecule has 0 saturated heterocycles. The number of thiol groups is 1. The zero-order valence-corrected chi connectivity index (χ0v) is 20.2. The molecular weight excluding hydrogens is 461 g/mol. The molecule has 0 N–H and O–H groups in total. The Balaban J connectivity index is 0.000000237. The van der Waals surface area contributed by atoms with Gasteiger partial charge in [0, 0.05) is 29.7 Å². The lowest BCUT2D eigenvalue weighted by molar-refractivity contribution is 1.16. The normalized spacial score (nSPS) is 10.2. The van der Waals surface area contributed by atoms with E-state index in [1.165, 1.54) is 15.4 Å². The standard InChI is InChI=1S/C14H15NS3.C6H7NS3/c1-2-6-13(7-3-1)9-11-16-18-17-12-14-8-4-5-10-15-14;8-10-9-5-6-3-1-2-4-7-6/h1-8,10H,9,11-12H2;1-4,8H,5H2. The van der Waals surface area contributed by atoms with Crippen molar-refractivity contribution < 1.29 is 0 Å². The van der Waals surface area contributed by atoms with Crippen LogP contribution in [-0.4, -0.2) is 15.7 Å². The summed E-state index contributed by atoms with van der Waals surface area (Å²) in [6, 6.07) is 22.6. The number of aryl methyl sites for hydroxylation is 1. The molecule has 2 heterocycles. The average Bonchev–Trinajstić information content (AvgIpc) is 2.77. The van der Waals surface area contributed by atoms with Gasteiger partial charge >= 0.3 is 0 Å². The zero-order chi connectivity index (χ0) is 19.7. The Bertz CT molecular complexity index is 688. The van der Waals surface area contributed by atoms with Crippen LogP contribution in [0, 0.1) is 0 Å². The summed E-state index contributed by atoms with van der Waals surface area (Å²) in [7, 11) is 8.79. The molecule has 1 aromatic carbocycles. The van der Waals surface area contributed by atoms with E-state index in [1.54, 1.807) is 17.0 Å². The molecule has 2 nitrogen and oxygen atoms in total. The summed E-state index contributed by atoms with van der Waals surface area (Å²) in [5.74, 6) is 3.06. The van der Waals surface area contributed by atoms with E-state index in [0.717, 1.165) is 35.1 Å². The summed E-state index contributed by atoms with van der Waals surface area (Å²) >= 11 is 4.00. The van der Waals surface area contributed by atoms with Crippen LogP contribution in [0.25, 0.3) is 0 Å². The van der Waals surface area contributed by atoms with Crippen molar-refractivity contribution in [1.82, 2.24) is 9.97 Å². The Labute approximate surface area is 192 Å². The highest BCUT2D eigenvalue weighted by Gasteiger charge is 1.96. The van der Waals surface area contributed by atoms with Crippen LogP contribution < -0.4 is 0 Å². The lowest BCUT2D eigenvalue weighted by Crippen LogP contribution is -1.85. The molecule has 28 heavy (non-hydrogen) atoms. The van der Waals surface area contributed by atoms with Crippen LogP contribution in [0.1, 0.15) is 17.0 Å². The highest BCUT2D eigenvalue weighted by Crippen LogP contribution is 2.36. The van der Waals surface area contributed by atoms with Crippen LogP contribution in [0.4, 0.5) is 0 Å². The second-order valence-electron chi connectivity index (χ2n) is 5.37. The van der Waals surface area contributed by atoms with Gasteiger partial charge in [0.2, 0.25) is 0 Å². The van der Waals surface area contributed by atoms with Crippen LogP contribution in [0.5, 0.6) is 0 Å². The maximum atomic E-state index is 4.30. The predicted molar refractivity (Wildman–Crippen MR) is 138 cm³/mol. The van der Waals surface area contributed by atoms with Gasteiger partial charge in [0.25, 0.3) is 0 Å².